The van der Waals surface area contributed by atoms with Crippen LogP contribution < -0.4 is 14.8 Å². The van der Waals surface area contributed by atoms with Gasteiger partial charge in [0.05, 0.1) is 6.61 Å². The molecule has 130 valence electrons. The second kappa shape index (κ2) is 9.86. The molecule has 3 heteroatoms. The molecule has 0 saturated heterocycles. The third-order valence-corrected chi connectivity index (χ3v) is 4.08. The van der Waals surface area contributed by atoms with E-state index in [1.165, 1.54) is 5.56 Å². The maximum absolute atomic E-state index is 5.97. The van der Waals surface area contributed by atoms with Gasteiger partial charge in [-0.3, -0.25) is 0 Å². The van der Waals surface area contributed by atoms with Crippen LogP contribution >= 0.6 is 0 Å². The molecular weight excluding hydrogens is 298 g/mol. The minimum absolute atomic E-state index is 0.518. The van der Waals surface area contributed by atoms with Crippen LogP contribution in [0.1, 0.15) is 45.1 Å². The van der Waals surface area contributed by atoms with E-state index >= 15 is 0 Å². The zero-order chi connectivity index (χ0) is 17.2. The number of nitrogens with one attached hydrogen (secondary N) is 1. The zero-order valence-corrected chi connectivity index (χ0v) is 15.0. The fraction of sp³-hybridized carbons (Fsp3) is 0.429. The number of hydrogen-bond donors (Lipinski definition) is 1. The minimum atomic E-state index is 0.518. The van der Waals surface area contributed by atoms with E-state index in [2.05, 4.69) is 44.3 Å². The Morgan fingerprint density at radius 1 is 0.917 bits per heavy atom. The molecule has 0 unspecified atom stereocenters. The molecule has 0 aliphatic heterocycles. The van der Waals surface area contributed by atoms with Crippen LogP contribution in [-0.2, 0) is 0 Å². The summed E-state index contributed by atoms with van der Waals surface area (Å²) < 4.78 is 11.6. The summed E-state index contributed by atoms with van der Waals surface area (Å²) in [5, 5.41) is 3.38. The fourth-order valence-electron chi connectivity index (χ4n) is 2.48. The topological polar surface area (TPSA) is 30.5 Å². The van der Waals surface area contributed by atoms with Gasteiger partial charge >= 0.3 is 0 Å². The SMILES string of the molecule is CCCOc1ccc(NCCOc2ccccc2[C@@H](C)CC)cc1. The number of anilines is 1. The third-order valence-electron chi connectivity index (χ3n) is 4.08. The van der Waals surface area contributed by atoms with Gasteiger partial charge in [0.2, 0.25) is 0 Å². The minimum Gasteiger partial charge on any atom is -0.494 e. The molecule has 0 bridgehead atoms. The second-order valence-electron chi connectivity index (χ2n) is 6.00. The summed E-state index contributed by atoms with van der Waals surface area (Å²) >= 11 is 0. The first-order valence-corrected chi connectivity index (χ1v) is 8.93. The molecule has 1 N–H and O–H groups in total. The summed E-state index contributed by atoms with van der Waals surface area (Å²) in [6, 6.07) is 16.4. The molecule has 2 aromatic rings. The highest BCUT2D eigenvalue weighted by Crippen LogP contribution is 2.28. The molecule has 0 aliphatic rings. The van der Waals surface area contributed by atoms with Gasteiger partial charge in [-0.05, 0) is 54.7 Å². The van der Waals surface area contributed by atoms with E-state index in [1.807, 2.05) is 30.3 Å². The van der Waals surface area contributed by atoms with Crippen molar-refractivity contribution in [3.63, 3.8) is 0 Å². The van der Waals surface area contributed by atoms with Crippen molar-refractivity contribution < 1.29 is 9.47 Å². The zero-order valence-electron chi connectivity index (χ0n) is 15.0. The largest absolute Gasteiger partial charge is 0.494 e. The average molecular weight is 327 g/mol. The lowest BCUT2D eigenvalue weighted by molar-refractivity contribution is 0.317. The molecule has 2 aromatic carbocycles. The van der Waals surface area contributed by atoms with Crippen molar-refractivity contribution in [3.8, 4) is 11.5 Å². The Hall–Kier alpha value is -2.16. The summed E-state index contributed by atoms with van der Waals surface area (Å²) in [5.74, 6) is 2.43. The standard InChI is InChI=1S/C21H29NO2/c1-4-15-23-19-12-10-18(11-13-19)22-14-16-24-21-9-7-6-8-20(21)17(3)5-2/h6-13,17,22H,4-5,14-16H2,1-3H3/t17-/m0/s1. The normalized spacial score (nSPS) is 11.8. The van der Waals surface area contributed by atoms with Gasteiger partial charge < -0.3 is 14.8 Å². The van der Waals surface area contributed by atoms with E-state index < -0.39 is 0 Å². The summed E-state index contributed by atoms with van der Waals surface area (Å²) in [4.78, 5) is 0. The first kappa shape index (κ1) is 18.2. The molecule has 0 saturated carbocycles. The molecule has 0 aromatic heterocycles. The number of para-hydroxylation sites is 1. The lowest BCUT2D eigenvalue weighted by atomic mass is 9.98. The molecule has 0 fully saturated rings. The quantitative estimate of drug-likeness (QED) is 0.586. The van der Waals surface area contributed by atoms with Crippen molar-refractivity contribution in [2.24, 2.45) is 0 Å². The van der Waals surface area contributed by atoms with Crippen LogP contribution in [0.3, 0.4) is 0 Å². The summed E-state index contributed by atoms with van der Waals surface area (Å²) in [6.07, 6.45) is 2.14. The van der Waals surface area contributed by atoms with E-state index in [0.717, 1.165) is 43.2 Å². The Kier molecular flexibility index (Phi) is 7.47. The van der Waals surface area contributed by atoms with Crippen molar-refractivity contribution >= 4 is 5.69 Å². The molecule has 1 atom stereocenters. The van der Waals surface area contributed by atoms with Crippen molar-refractivity contribution in [1.29, 1.82) is 0 Å². The Labute approximate surface area is 146 Å². The molecule has 2 rings (SSSR count). The predicted octanol–water partition coefficient (Wildman–Crippen LogP) is 5.48. The fourth-order valence-corrected chi connectivity index (χ4v) is 2.48. The van der Waals surface area contributed by atoms with Crippen molar-refractivity contribution in [3.05, 3.63) is 54.1 Å². The molecule has 24 heavy (non-hydrogen) atoms. The van der Waals surface area contributed by atoms with Gasteiger partial charge in [-0.25, -0.2) is 0 Å². The summed E-state index contributed by atoms with van der Waals surface area (Å²) in [6.45, 7) is 8.72. The maximum atomic E-state index is 5.97. The first-order valence-electron chi connectivity index (χ1n) is 8.93. The van der Waals surface area contributed by atoms with Crippen LogP contribution in [0.25, 0.3) is 0 Å². The highest BCUT2D eigenvalue weighted by atomic mass is 16.5. The third kappa shape index (κ3) is 5.48. The van der Waals surface area contributed by atoms with E-state index in [4.69, 9.17) is 9.47 Å². The second-order valence-corrected chi connectivity index (χ2v) is 6.00. The summed E-state index contributed by atoms with van der Waals surface area (Å²) in [7, 11) is 0. The summed E-state index contributed by atoms with van der Waals surface area (Å²) in [5.41, 5.74) is 2.37. The molecule has 3 nitrogen and oxygen atoms in total. The van der Waals surface area contributed by atoms with Crippen molar-refractivity contribution in [2.75, 3.05) is 25.1 Å². The molecule has 0 amide bonds. The van der Waals surface area contributed by atoms with Crippen LogP contribution in [0.4, 0.5) is 5.69 Å². The first-order chi connectivity index (χ1) is 11.7. The van der Waals surface area contributed by atoms with Crippen molar-refractivity contribution in [2.45, 2.75) is 39.5 Å². The van der Waals surface area contributed by atoms with Gasteiger partial charge in [0.1, 0.15) is 18.1 Å². The average Bonchev–Trinajstić information content (AvgIpc) is 2.64. The van der Waals surface area contributed by atoms with Crippen LogP contribution in [0.15, 0.2) is 48.5 Å². The van der Waals surface area contributed by atoms with E-state index in [0.29, 0.717) is 12.5 Å². The highest BCUT2D eigenvalue weighted by Gasteiger charge is 2.09. The molecule has 0 spiro atoms. The van der Waals surface area contributed by atoms with Gasteiger partial charge in [-0.2, -0.15) is 0 Å². The number of hydrogen-bond acceptors (Lipinski definition) is 3. The van der Waals surface area contributed by atoms with E-state index in [1.54, 1.807) is 0 Å². The van der Waals surface area contributed by atoms with Crippen molar-refractivity contribution in [1.82, 2.24) is 0 Å². The predicted molar refractivity (Wildman–Crippen MR) is 101 cm³/mol. The molecule has 0 radical (unpaired) electrons. The highest BCUT2D eigenvalue weighted by molar-refractivity contribution is 5.46. The van der Waals surface area contributed by atoms with Gasteiger partial charge in [-0.15, -0.1) is 0 Å². The smallest absolute Gasteiger partial charge is 0.122 e. The molecule has 0 heterocycles. The van der Waals surface area contributed by atoms with Gasteiger partial charge in [0, 0.05) is 12.2 Å². The molecule has 0 aliphatic carbocycles. The van der Waals surface area contributed by atoms with Gasteiger partial charge in [0.15, 0.2) is 0 Å². The number of benzene rings is 2. The monoisotopic (exact) mass is 327 g/mol. The lowest BCUT2D eigenvalue weighted by Crippen LogP contribution is -2.12. The van der Waals surface area contributed by atoms with Crippen LogP contribution in [-0.4, -0.2) is 19.8 Å². The number of ether oxygens (including phenoxy) is 2. The van der Waals surface area contributed by atoms with Crippen LogP contribution in [0, 0.1) is 0 Å². The van der Waals surface area contributed by atoms with Gasteiger partial charge in [0.25, 0.3) is 0 Å². The Bertz CT molecular complexity index is 595. The Morgan fingerprint density at radius 3 is 2.38 bits per heavy atom. The van der Waals surface area contributed by atoms with E-state index in [-0.39, 0.29) is 0 Å². The van der Waals surface area contributed by atoms with Gasteiger partial charge in [-0.1, -0.05) is 39.0 Å². The van der Waals surface area contributed by atoms with Crippen LogP contribution in [0.5, 0.6) is 11.5 Å². The van der Waals surface area contributed by atoms with E-state index in [9.17, 15) is 0 Å². The Balaban J connectivity index is 1.79. The lowest BCUT2D eigenvalue weighted by Gasteiger charge is -2.16. The van der Waals surface area contributed by atoms with Crippen LogP contribution in [0.2, 0.25) is 0 Å². The molecular formula is C21H29NO2. The number of rotatable bonds is 10. The Morgan fingerprint density at radius 2 is 1.67 bits per heavy atom. The maximum Gasteiger partial charge on any atom is 0.122 e.